The van der Waals surface area contributed by atoms with Gasteiger partial charge in [0.2, 0.25) is 0 Å². The molecule has 0 bridgehead atoms. The van der Waals surface area contributed by atoms with Crippen molar-refractivity contribution >= 4 is 18.4 Å². The molecule has 1 aliphatic heterocycles. The van der Waals surface area contributed by atoms with Gasteiger partial charge in [0.25, 0.3) is 0 Å². The Labute approximate surface area is 196 Å². The summed E-state index contributed by atoms with van der Waals surface area (Å²) in [6.07, 6.45) is 13.0. The Bertz CT molecular complexity index is 607. The van der Waals surface area contributed by atoms with E-state index in [-0.39, 0.29) is 17.6 Å². The molecular weight excluding hydrogens is 491 g/mol. The van der Waals surface area contributed by atoms with Gasteiger partial charge >= 0.3 is 197 Å². The van der Waals surface area contributed by atoms with Crippen LogP contribution in [-0.4, -0.2) is 47.1 Å². The molecule has 3 unspecified atom stereocenters. The molecule has 1 heterocycles. The predicted octanol–water partition coefficient (Wildman–Crippen LogP) is 7.56. The number of hydrogen-bond donors (Lipinski definition) is 1. The van der Waals surface area contributed by atoms with E-state index in [9.17, 15) is 5.11 Å². The zero-order chi connectivity index (χ0) is 23.3. The van der Waals surface area contributed by atoms with Crippen molar-refractivity contribution in [3.63, 3.8) is 0 Å². The van der Waals surface area contributed by atoms with Crippen molar-refractivity contribution in [2.75, 3.05) is 0 Å². The Balaban J connectivity index is 2.40. The minimum atomic E-state index is -2.48. The average molecular weight is 541 g/mol. The Kier molecular flexibility index (Phi) is 9.77. The van der Waals surface area contributed by atoms with Crippen molar-refractivity contribution in [2.24, 2.45) is 5.41 Å². The molecule has 2 rings (SSSR count). The topological polar surface area (TPSA) is 38.7 Å². The summed E-state index contributed by atoms with van der Waals surface area (Å²) in [5, 5.41) is 12.1. The van der Waals surface area contributed by atoms with E-state index in [0.717, 1.165) is 5.57 Å². The van der Waals surface area contributed by atoms with Gasteiger partial charge in [-0.05, 0) is 0 Å². The fourth-order valence-corrected chi connectivity index (χ4v) is 20.0. The number of ether oxygens (including phenoxy) is 2. The van der Waals surface area contributed by atoms with Crippen molar-refractivity contribution in [3.8, 4) is 0 Å². The van der Waals surface area contributed by atoms with Gasteiger partial charge in [0.1, 0.15) is 0 Å². The summed E-state index contributed by atoms with van der Waals surface area (Å²) >= 11 is -2.48. The SMILES string of the molecule is CCC[CH2][Sn]([CH]=CC1(O)C(C)=CC2(CC1(C)C)OC(C)C(C)O2)([CH2]CCC)[CH2]CCC. The van der Waals surface area contributed by atoms with Gasteiger partial charge in [-0.25, -0.2) is 0 Å². The Morgan fingerprint density at radius 2 is 1.42 bits per heavy atom. The van der Waals surface area contributed by atoms with Crippen molar-refractivity contribution in [1.29, 1.82) is 0 Å². The summed E-state index contributed by atoms with van der Waals surface area (Å²) in [4.78, 5) is 0. The van der Waals surface area contributed by atoms with Crippen LogP contribution in [0.1, 0.15) is 100 Å². The monoisotopic (exact) mass is 542 g/mol. The fourth-order valence-electron chi connectivity index (χ4n) is 5.64. The third-order valence-corrected chi connectivity index (χ3v) is 22.0. The van der Waals surface area contributed by atoms with E-state index in [1.54, 1.807) is 0 Å². The molecule has 0 amide bonds. The zero-order valence-corrected chi connectivity index (χ0v) is 24.6. The van der Waals surface area contributed by atoms with Gasteiger partial charge in [0.05, 0.1) is 0 Å². The Hall–Kier alpha value is 0.159. The van der Waals surface area contributed by atoms with Crippen molar-refractivity contribution in [1.82, 2.24) is 0 Å². The number of aliphatic hydroxyl groups is 1. The van der Waals surface area contributed by atoms with Crippen molar-refractivity contribution in [3.05, 3.63) is 21.8 Å². The summed E-state index contributed by atoms with van der Waals surface area (Å²) < 4.78 is 19.5. The van der Waals surface area contributed by atoms with E-state index in [4.69, 9.17) is 9.47 Å². The summed E-state index contributed by atoms with van der Waals surface area (Å²) in [7, 11) is 0. The molecule has 1 N–H and O–H groups in total. The fraction of sp³-hybridized carbons (Fsp3) is 0.852. The van der Waals surface area contributed by atoms with Crippen LogP contribution in [0.3, 0.4) is 0 Å². The average Bonchev–Trinajstić information content (AvgIpc) is 2.97. The number of hydrogen-bond acceptors (Lipinski definition) is 3. The number of rotatable bonds is 11. The van der Waals surface area contributed by atoms with Gasteiger partial charge in [-0.15, -0.1) is 0 Å². The van der Waals surface area contributed by atoms with Crippen LogP contribution in [0.5, 0.6) is 0 Å². The van der Waals surface area contributed by atoms with Gasteiger partial charge in [-0.3, -0.25) is 0 Å². The van der Waals surface area contributed by atoms with Gasteiger partial charge in [-0.1, -0.05) is 0 Å². The standard InChI is InChI=1S/C15H23O3.3C4H9.Sn/c1-7-15(16)10(2)8-14(9-13(15,5)6)17-11(3)12(4)18-14;3*1-3-4-2;/h1,7-8,11-12,16H,9H2,2-6H3;3*1,3-4H2,2H3;. The van der Waals surface area contributed by atoms with Gasteiger partial charge in [0, 0.05) is 0 Å². The van der Waals surface area contributed by atoms with E-state index in [1.807, 2.05) is 0 Å². The molecule has 1 saturated heterocycles. The molecule has 31 heavy (non-hydrogen) atoms. The van der Waals surface area contributed by atoms with Crippen LogP contribution in [0.25, 0.3) is 0 Å². The van der Waals surface area contributed by atoms with Crippen LogP contribution in [0.15, 0.2) is 21.8 Å². The molecule has 3 nitrogen and oxygen atoms in total. The molecule has 180 valence electrons. The molecule has 0 radical (unpaired) electrons. The molecule has 0 aromatic carbocycles. The first-order valence-corrected chi connectivity index (χ1v) is 20.7. The Morgan fingerprint density at radius 1 is 0.968 bits per heavy atom. The first-order valence-electron chi connectivity index (χ1n) is 13.0. The van der Waals surface area contributed by atoms with Crippen LogP contribution in [0, 0.1) is 5.41 Å². The molecule has 0 aromatic heterocycles. The third kappa shape index (κ3) is 6.19. The molecule has 3 atom stereocenters. The minimum absolute atomic E-state index is 0.0718. The second kappa shape index (κ2) is 11.1. The molecule has 0 saturated carbocycles. The first-order chi connectivity index (χ1) is 14.5. The van der Waals surface area contributed by atoms with Crippen LogP contribution >= 0.6 is 0 Å². The maximum atomic E-state index is 12.1. The molecule has 1 fully saturated rings. The predicted molar refractivity (Wildman–Crippen MR) is 135 cm³/mol. The molecule has 4 heteroatoms. The zero-order valence-electron chi connectivity index (χ0n) is 21.7. The van der Waals surface area contributed by atoms with E-state index < -0.39 is 29.8 Å². The second-order valence-electron chi connectivity index (χ2n) is 11.1. The van der Waals surface area contributed by atoms with Crippen LogP contribution in [-0.2, 0) is 9.47 Å². The van der Waals surface area contributed by atoms with E-state index in [1.165, 1.54) is 51.8 Å². The maximum absolute atomic E-state index is 12.1. The number of unbranched alkanes of at least 4 members (excludes halogenated alkanes) is 3. The van der Waals surface area contributed by atoms with Crippen molar-refractivity contribution < 1.29 is 14.6 Å². The molecule has 2 aliphatic rings. The van der Waals surface area contributed by atoms with E-state index >= 15 is 0 Å². The van der Waals surface area contributed by atoms with E-state index in [2.05, 4.69) is 71.6 Å². The van der Waals surface area contributed by atoms with E-state index in [0.29, 0.717) is 6.42 Å². The summed E-state index contributed by atoms with van der Waals surface area (Å²) in [6, 6.07) is 0. The molecule has 1 spiro atoms. The summed E-state index contributed by atoms with van der Waals surface area (Å²) in [5.74, 6) is -0.695. The summed E-state index contributed by atoms with van der Waals surface area (Å²) in [6.45, 7) is 17.5. The first kappa shape index (κ1) is 27.4. The van der Waals surface area contributed by atoms with Gasteiger partial charge in [0.15, 0.2) is 0 Å². The van der Waals surface area contributed by atoms with Crippen LogP contribution < -0.4 is 0 Å². The molecule has 0 aromatic rings. The molecule has 1 aliphatic carbocycles. The van der Waals surface area contributed by atoms with Gasteiger partial charge in [-0.2, -0.15) is 0 Å². The van der Waals surface area contributed by atoms with Crippen molar-refractivity contribution in [2.45, 2.75) is 137 Å². The quantitative estimate of drug-likeness (QED) is 0.217. The normalized spacial score (nSPS) is 33.4. The second-order valence-corrected chi connectivity index (χ2v) is 24.1. The summed E-state index contributed by atoms with van der Waals surface area (Å²) in [5.41, 5.74) is -0.320. The van der Waals surface area contributed by atoms with Crippen LogP contribution in [0.4, 0.5) is 0 Å². The Morgan fingerprint density at radius 3 is 1.81 bits per heavy atom. The third-order valence-electron chi connectivity index (χ3n) is 7.95. The van der Waals surface area contributed by atoms with Crippen LogP contribution in [0.2, 0.25) is 13.3 Å². The van der Waals surface area contributed by atoms with Gasteiger partial charge < -0.3 is 0 Å². The molecular formula is C27H50O3Sn.